The summed E-state index contributed by atoms with van der Waals surface area (Å²) in [4.78, 5) is 16.2. The van der Waals surface area contributed by atoms with Crippen molar-refractivity contribution >= 4 is 18.0 Å². The van der Waals surface area contributed by atoms with Crippen molar-refractivity contribution in [2.45, 2.75) is 0 Å². The van der Waals surface area contributed by atoms with E-state index in [1.165, 1.54) is 6.21 Å². The quantitative estimate of drug-likeness (QED) is 0.527. The van der Waals surface area contributed by atoms with Gasteiger partial charge in [0.05, 0.1) is 13.3 Å². The highest BCUT2D eigenvalue weighted by molar-refractivity contribution is 5.86. The van der Waals surface area contributed by atoms with Crippen molar-refractivity contribution in [2.75, 3.05) is 12.4 Å². The molecule has 0 heterocycles. The normalized spacial score (nSPS) is 10.2. The lowest BCUT2D eigenvalue weighted by atomic mass is 10.2. The van der Waals surface area contributed by atoms with Gasteiger partial charge in [-0.05, 0) is 24.3 Å². The van der Waals surface area contributed by atoms with E-state index in [1.54, 1.807) is 31.4 Å². The second-order valence-electron chi connectivity index (χ2n) is 3.85. The summed E-state index contributed by atoms with van der Waals surface area (Å²) in [7, 11) is 1.57. The number of benzene rings is 2. The zero-order valence-corrected chi connectivity index (χ0v) is 10.9. The molecule has 20 heavy (non-hydrogen) atoms. The zero-order valence-electron chi connectivity index (χ0n) is 10.9. The molecule has 0 atom stereocenters. The number of ether oxygens (including phenoxy) is 1. The summed E-state index contributed by atoms with van der Waals surface area (Å²) in [6, 6.07) is 16.3. The van der Waals surface area contributed by atoms with Gasteiger partial charge in [-0.15, -0.1) is 0 Å². The number of carbonyl (C=O) groups excluding carboxylic acids is 1. The fourth-order valence-electron chi connectivity index (χ4n) is 1.57. The van der Waals surface area contributed by atoms with Crippen molar-refractivity contribution in [1.29, 1.82) is 0 Å². The molecule has 0 aliphatic carbocycles. The van der Waals surface area contributed by atoms with Gasteiger partial charge in [0.25, 0.3) is 0 Å². The lowest BCUT2D eigenvalue weighted by molar-refractivity contribution is 0.167. The molecule has 0 aliphatic rings. The number of methoxy groups -OCH3 is 1. The number of nitrogens with zero attached hydrogens (tertiary/aromatic N) is 1. The summed E-state index contributed by atoms with van der Waals surface area (Å²) in [5.41, 5.74) is 1.37. The lowest BCUT2D eigenvalue weighted by Crippen LogP contribution is -2.10. The zero-order chi connectivity index (χ0) is 14.2. The first-order chi connectivity index (χ1) is 9.79. The third-order valence-corrected chi connectivity index (χ3v) is 2.49. The Hall–Kier alpha value is -2.82. The molecule has 102 valence electrons. The molecule has 0 aliphatic heterocycles. The van der Waals surface area contributed by atoms with E-state index in [2.05, 4.69) is 10.5 Å². The molecule has 0 unspecified atom stereocenters. The Kier molecular flexibility index (Phi) is 4.72. The van der Waals surface area contributed by atoms with Crippen LogP contribution in [0.1, 0.15) is 5.56 Å². The minimum Gasteiger partial charge on any atom is -0.496 e. The first kappa shape index (κ1) is 13.6. The van der Waals surface area contributed by atoms with E-state index in [9.17, 15) is 4.79 Å². The topological polar surface area (TPSA) is 59.9 Å². The first-order valence-electron chi connectivity index (χ1n) is 5.99. The van der Waals surface area contributed by atoms with Crippen LogP contribution in [-0.2, 0) is 4.84 Å². The van der Waals surface area contributed by atoms with Crippen molar-refractivity contribution in [3.8, 4) is 5.75 Å². The van der Waals surface area contributed by atoms with Crippen LogP contribution in [0, 0.1) is 0 Å². The molecule has 2 aromatic carbocycles. The average molecular weight is 270 g/mol. The Labute approximate surface area is 116 Å². The standard InChI is InChI=1S/C15H14N2O3/c1-19-14-10-6-5-7-12(14)11-16-20-15(18)17-13-8-3-2-4-9-13/h2-11H,1H3,(H,17,18)/b16-11-. The monoisotopic (exact) mass is 270 g/mol. The fraction of sp³-hybridized carbons (Fsp3) is 0.0667. The van der Waals surface area contributed by atoms with Crippen LogP contribution in [0.15, 0.2) is 59.8 Å². The van der Waals surface area contributed by atoms with Crippen LogP contribution in [0.5, 0.6) is 5.75 Å². The number of anilines is 1. The van der Waals surface area contributed by atoms with E-state index in [0.717, 1.165) is 5.56 Å². The molecule has 0 aromatic heterocycles. The predicted octanol–water partition coefficient (Wildman–Crippen LogP) is 3.28. The number of para-hydroxylation sites is 2. The largest absolute Gasteiger partial charge is 0.496 e. The van der Waals surface area contributed by atoms with E-state index >= 15 is 0 Å². The van der Waals surface area contributed by atoms with Crippen molar-refractivity contribution in [3.63, 3.8) is 0 Å². The van der Waals surface area contributed by atoms with Crippen molar-refractivity contribution in [3.05, 3.63) is 60.2 Å². The number of amides is 1. The summed E-state index contributed by atoms with van der Waals surface area (Å²) in [5, 5.41) is 6.18. The van der Waals surface area contributed by atoms with Gasteiger partial charge in [0.1, 0.15) is 5.75 Å². The molecule has 0 radical (unpaired) electrons. The Bertz CT molecular complexity index is 597. The van der Waals surface area contributed by atoms with Gasteiger partial charge in [0.2, 0.25) is 0 Å². The summed E-state index contributed by atoms with van der Waals surface area (Å²) in [6.07, 6.45) is 0.769. The maximum Gasteiger partial charge on any atom is 0.437 e. The molecule has 5 nitrogen and oxygen atoms in total. The minimum absolute atomic E-state index is 0.644. The molecule has 1 amide bonds. The van der Waals surface area contributed by atoms with E-state index in [4.69, 9.17) is 9.57 Å². The highest BCUT2D eigenvalue weighted by Gasteiger charge is 2.02. The molecule has 0 spiro atoms. The van der Waals surface area contributed by atoms with Gasteiger partial charge < -0.3 is 4.74 Å². The molecular formula is C15H14N2O3. The van der Waals surface area contributed by atoms with Crippen LogP contribution < -0.4 is 10.1 Å². The van der Waals surface area contributed by atoms with Crippen LogP contribution in [0.2, 0.25) is 0 Å². The third kappa shape index (κ3) is 3.84. The summed E-state index contributed by atoms with van der Waals surface area (Å²) < 4.78 is 5.15. The maximum absolute atomic E-state index is 11.5. The minimum atomic E-state index is -0.651. The molecule has 0 fully saturated rings. The number of hydrogen-bond donors (Lipinski definition) is 1. The average Bonchev–Trinajstić information content (AvgIpc) is 2.49. The molecule has 0 saturated heterocycles. The first-order valence-corrected chi connectivity index (χ1v) is 5.99. The molecule has 1 N–H and O–H groups in total. The second kappa shape index (κ2) is 6.94. The Morgan fingerprint density at radius 1 is 1.10 bits per heavy atom. The van der Waals surface area contributed by atoms with Gasteiger partial charge in [-0.1, -0.05) is 35.5 Å². The van der Waals surface area contributed by atoms with Gasteiger partial charge in [0.15, 0.2) is 0 Å². The third-order valence-electron chi connectivity index (χ3n) is 2.49. The van der Waals surface area contributed by atoms with Crippen molar-refractivity contribution in [1.82, 2.24) is 0 Å². The van der Waals surface area contributed by atoms with E-state index in [0.29, 0.717) is 11.4 Å². The predicted molar refractivity (Wildman–Crippen MR) is 77.1 cm³/mol. The maximum atomic E-state index is 11.5. The molecule has 0 bridgehead atoms. The van der Waals surface area contributed by atoms with E-state index in [1.807, 2.05) is 30.3 Å². The Morgan fingerprint density at radius 3 is 2.55 bits per heavy atom. The highest BCUT2D eigenvalue weighted by Crippen LogP contribution is 2.14. The van der Waals surface area contributed by atoms with Crippen LogP contribution in [0.25, 0.3) is 0 Å². The molecular weight excluding hydrogens is 256 g/mol. The van der Waals surface area contributed by atoms with Crippen molar-refractivity contribution < 1.29 is 14.4 Å². The fourth-order valence-corrected chi connectivity index (χ4v) is 1.57. The molecule has 0 saturated carbocycles. The SMILES string of the molecule is COc1ccccc1/C=N\OC(=O)Nc1ccccc1. The van der Waals surface area contributed by atoms with Crippen LogP contribution in [-0.4, -0.2) is 19.4 Å². The van der Waals surface area contributed by atoms with E-state index < -0.39 is 6.09 Å². The van der Waals surface area contributed by atoms with Gasteiger partial charge >= 0.3 is 6.09 Å². The second-order valence-corrected chi connectivity index (χ2v) is 3.85. The number of carbonyl (C=O) groups is 1. The van der Waals surface area contributed by atoms with E-state index in [-0.39, 0.29) is 0 Å². The van der Waals surface area contributed by atoms with Crippen LogP contribution >= 0.6 is 0 Å². The van der Waals surface area contributed by atoms with Crippen LogP contribution in [0.3, 0.4) is 0 Å². The summed E-state index contributed by atoms with van der Waals surface area (Å²) >= 11 is 0. The number of rotatable bonds is 4. The number of hydrogen-bond acceptors (Lipinski definition) is 4. The summed E-state index contributed by atoms with van der Waals surface area (Å²) in [5.74, 6) is 0.656. The number of oxime groups is 1. The molecule has 2 aromatic rings. The molecule has 2 rings (SSSR count). The molecule has 5 heteroatoms. The lowest BCUT2D eigenvalue weighted by Gasteiger charge is -2.03. The van der Waals surface area contributed by atoms with Gasteiger partial charge in [-0.3, -0.25) is 10.2 Å². The van der Waals surface area contributed by atoms with Crippen LogP contribution in [0.4, 0.5) is 10.5 Å². The van der Waals surface area contributed by atoms with Gasteiger partial charge in [-0.2, -0.15) is 0 Å². The Balaban J connectivity index is 1.91. The smallest absolute Gasteiger partial charge is 0.437 e. The Morgan fingerprint density at radius 2 is 1.80 bits per heavy atom. The highest BCUT2D eigenvalue weighted by atomic mass is 16.7. The van der Waals surface area contributed by atoms with Gasteiger partial charge in [0, 0.05) is 11.3 Å². The van der Waals surface area contributed by atoms with Gasteiger partial charge in [-0.25, -0.2) is 4.79 Å². The van der Waals surface area contributed by atoms with Crippen molar-refractivity contribution in [2.24, 2.45) is 5.16 Å². The number of nitrogens with one attached hydrogen (secondary N) is 1. The summed E-state index contributed by atoms with van der Waals surface area (Å²) in [6.45, 7) is 0.